The first-order valence-electron chi connectivity index (χ1n) is 6.21. The first-order valence-corrected chi connectivity index (χ1v) is 7.19. The van der Waals surface area contributed by atoms with E-state index in [9.17, 15) is 0 Å². The summed E-state index contributed by atoms with van der Waals surface area (Å²) in [5.41, 5.74) is 4.14. The number of para-hydroxylation sites is 1. The number of fused-ring (bicyclic) bond motifs is 5. The van der Waals surface area contributed by atoms with Gasteiger partial charge in [0.15, 0.2) is 0 Å². The highest BCUT2D eigenvalue weighted by molar-refractivity contribution is 7.99. The van der Waals surface area contributed by atoms with E-state index < -0.39 is 0 Å². The predicted octanol–water partition coefficient (Wildman–Crippen LogP) is 4.32. The predicted molar refractivity (Wildman–Crippen MR) is 77.9 cm³/mol. The molecule has 88 valence electrons. The summed E-state index contributed by atoms with van der Waals surface area (Å²) < 4.78 is 0. The third-order valence-corrected chi connectivity index (χ3v) is 4.78. The summed E-state index contributed by atoms with van der Waals surface area (Å²) >= 11 is 1.96. The Kier molecular flexibility index (Phi) is 2.24. The molecule has 0 bridgehead atoms. The summed E-state index contributed by atoms with van der Waals surface area (Å²) in [5.74, 6) is 1.12. The molecule has 18 heavy (non-hydrogen) atoms. The Bertz CT molecular complexity index is 632. The van der Waals surface area contributed by atoms with Gasteiger partial charge in [-0.15, -0.1) is 11.8 Å². The van der Waals surface area contributed by atoms with E-state index in [4.69, 9.17) is 0 Å². The fraction of sp³-hybridized carbons (Fsp3) is 0.125. The minimum Gasteiger partial charge on any atom is -0.339 e. The van der Waals surface area contributed by atoms with E-state index in [1.54, 1.807) is 0 Å². The van der Waals surface area contributed by atoms with E-state index in [1.807, 2.05) is 11.8 Å². The molecular weight excluding hydrogens is 238 g/mol. The molecule has 0 saturated carbocycles. The van der Waals surface area contributed by atoms with Gasteiger partial charge in [0, 0.05) is 16.8 Å². The highest BCUT2D eigenvalue weighted by Crippen LogP contribution is 2.45. The second-order valence-corrected chi connectivity index (χ2v) is 5.71. The van der Waals surface area contributed by atoms with Crippen LogP contribution in [0.1, 0.15) is 17.2 Å². The topological polar surface area (TPSA) is 3.24 Å². The van der Waals surface area contributed by atoms with E-state index in [0.29, 0.717) is 6.04 Å². The number of hydrogen-bond donors (Lipinski definition) is 0. The van der Waals surface area contributed by atoms with Crippen molar-refractivity contribution in [2.24, 2.45) is 0 Å². The van der Waals surface area contributed by atoms with Gasteiger partial charge in [-0.25, -0.2) is 0 Å². The van der Waals surface area contributed by atoms with Gasteiger partial charge in [0.1, 0.15) is 0 Å². The van der Waals surface area contributed by atoms with E-state index >= 15 is 0 Å². The van der Waals surface area contributed by atoms with Crippen LogP contribution in [0.4, 0.5) is 5.69 Å². The molecule has 2 heterocycles. The van der Waals surface area contributed by atoms with Crippen molar-refractivity contribution in [3.63, 3.8) is 0 Å². The van der Waals surface area contributed by atoms with Crippen molar-refractivity contribution in [1.82, 2.24) is 0 Å². The van der Waals surface area contributed by atoms with Crippen LogP contribution in [0.5, 0.6) is 0 Å². The molecule has 0 aliphatic carbocycles. The molecule has 0 amide bonds. The first kappa shape index (κ1) is 10.3. The lowest BCUT2D eigenvalue weighted by Gasteiger charge is -2.39. The summed E-state index contributed by atoms with van der Waals surface area (Å²) in [5, 5.41) is 0. The van der Waals surface area contributed by atoms with Crippen molar-refractivity contribution in [2.75, 3.05) is 10.7 Å². The van der Waals surface area contributed by atoms with Gasteiger partial charge in [0.2, 0.25) is 0 Å². The Hall–Kier alpha value is -1.67. The number of rotatable bonds is 0. The van der Waals surface area contributed by atoms with Gasteiger partial charge in [-0.05, 0) is 29.3 Å². The fourth-order valence-electron chi connectivity index (χ4n) is 2.76. The second-order valence-electron chi connectivity index (χ2n) is 4.65. The van der Waals surface area contributed by atoms with Crippen molar-refractivity contribution in [2.45, 2.75) is 10.9 Å². The summed E-state index contributed by atoms with van der Waals surface area (Å²) in [6, 6.07) is 17.9. The Balaban J connectivity index is 1.87. The number of benzene rings is 2. The van der Waals surface area contributed by atoms with Crippen molar-refractivity contribution in [3.8, 4) is 0 Å². The van der Waals surface area contributed by atoms with Gasteiger partial charge >= 0.3 is 0 Å². The Morgan fingerprint density at radius 2 is 1.83 bits per heavy atom. The Morgan fingerprint density at radius 3 is 2.83 bits per heavy atom. The number of anilines is 1. The highest BCUT2D eigenvalue weighted by atomic mass is 32.2. The van der Waals surface area contributed by atoms with Crippen LogP contribution in [-0.2, 0) is 0 Å². The van der Waals surface area contributed by atoms with Crippen molar-refractivity contribution < 1.29 is 0 Å². The molecule has 0 spiro atoms. The molecule has 0 aromatic heterocycles. The van der Waals surface area contributed by atoms with Gasteiger partial charge in [-0.1, -0.05) is 36.4 Å². The molecule has 0 saturated heterocycles. The standard InChI is InChI=1S/C16H13NS/c1-2-6-13-12(5-1)9-10-17-14-7-3-4-8-16(14)18-11-15(13)17/h1-10,15H,11H2. The van der Waals surface area contributed by atoms with Crippen molar-refractivity contribution in [1.29, 1.82) is 0 Å². The van der Waals surface area contributed by atoms with Gasteiger partial charge in [-0.2, -0.15) is 0 Å². The summed E-state index contributed by atoms with van der Waals surface area (Å²) in [6.07, 6.45) is 4.45. The van der Waals surface area contributed by atoms with Crippen LogP contribution in [0.25, 0.3) is 6.08 Å². The molecule has 1 nitrogen and oxygen atoms in total. The second kappa shape index (κ2) is 3.92. The van der Waals surface area contributed by atoms with Crippen LogP contribution in [-0.4, -0.2) is 5.75 Å². The molecule has 2 aromatic rings. The van der Waals surface area contributed by atoms with Crippen LogP contribution in [0.15, 0.2) is 59.6 Å². The fourth-order valence-corrected chi connectivity index (χ4v) is 3.93. The van der Waals surface area contributed by atoms with Gasteiger partial charge in [0.25, 0.3) is 0 Å². The zero-order valence-corrected chi connectivity index (χ0v) is 10.7. The number of thioether (sulfide) groups is 1. The Labute approximate surface area is 111 Å². The highest BCUT2D eigenvalue weighted by Gasteiger charge is 2.29. The van der Waals surface area contributed by atoms with Gasteiger partial charge < -0.3 is 4.90 Å². The largest absolute Gasteiger partial charge is 0.339 e. The lowest BCUT2D eigenvalue weighted by atomic mass is 9.96. The first-order chi connectivity index (χ1) is 8.93. The smallest absolute Gasteiger partial charge is 0.0685 e. The molecule has 0 radical (unpaired) electrons. The number of nitrogens with zero attached hydrogens (tertiary/aromatic N) is 1. The zero-order valence-electron chi connectivity index (χ0n) is 9.91. The molecule has 1 unspecified atom stereocenters. The molecule has 2 aliphatic heterocycles. The summed E-state index contributed by atoms with van der Waals surface area (Å²) in [4.78, 5) is 3.80. The molecule has 0 N–H and O–H groups in total. The van der Waals surface area contributed by atoms with E-state index in [2.05, 4.69) is 65.7 Å². The van der Waals surface area contributed by atoms with Crippen LogP contribution in [0.2, 0.25) is 0 Å². The van der Waals surface area contributed by atoms with E-state index in [-0.39, 0.29) is 0 Å². The monoisotopic (exact) mass is 251 g/mol. The van der Waals surface area contributed by atoms with Crippen LogP contribution in [0.3, 0.4) is 0 Å². The molecule has 2 heteroatoms. The van der Waals surface area contributed by atoms with Crippen LogP contribution in [0, 0.1) is 0 Å². The SMILES string of the molecule is C1=CN2c3ccccc3SCC2c2ccccc21. The summed E-state index contributed by atoms with van der Waals surface area (Å²) in [6.45, 7) is 0. The average molecular weight is 251 g/mol. The minimum atomic E-state index is 0.478. The quantitative estimate of drug-likeness (QED) is 0.686. The molecule has 4 rings (SSSR count). The van der Waals surface area contributed by atoms with E-state index in [0.717, 1.165) is 5.75 Å². The lowest BCUT2D eigenvalue weighted by Crippen LogP contribution is -2.30. The van der Waals surface area contributed by atoms with Crippen LogP contribution >= 0.6 is 11.8 Å². The van der Waals surface area contributed by atoms with Gasteiger partial charge in [0.05, 0.1) is 11.7 Å². The average Bonchev–Trinajstić information content (AvgIpc) is 2.46. The van der Waals surface area contributed by atoms with Gasteiger partial charge in [-0.3, -0.25) is 0 Å². The summed E-state index contributed by atoms with van der Waals surface area (Å²) in [7, 11) is 0. The maximum absolute atomic E-state index is 2.41. The maximum atomic E-state index is 2.41. The lowest BCUT2D eigenvalue weighted by molar-refractivity contribution is 0.753. The Morgan fingerprint density at radius 1 is 1.00 bits per heavy atom. The third kappa shape index (κ3) is 1.42. The molecule has 1 atom stereocenters. The normalized spacial score (nSPS) is 20.0. The van der Waals surface area contributed by atoms with E-state index in [1.165, 1.54) is 21.7 Å². The van der Waals surface area contributed by atoms with Crippen molar-refractivity contribution in [3.05, 3.63) is 65.9 Å². The molecular formula is C16H13NS. The number of hydrogen-bond acceptors (Lipinski definition) is 2. The van der Waals surface area contributed by atoms with Crippen molar-refractivity contribution >= 4 is 23.5 Å². The third-order valence-electron chi connectivity index (χ3n) is 3.65. The zero-order chi connectivity index (χ0) is 11.9. The molecule has 0 fully saturated rings. The molecule has 2 aliphatic rings. The minimum absolute atomic E-state index is 0.478. The maximum Gasteiger partial charge on any atom is 0.0685 e. The van der Waals surface area contributed by atoms with Crippen LogP contribution < -0.4 is 4.90 Å². The molecule has 2 aromatic carbocycles.